The lowest BCUT2D eigenvalue weighted by atomic mass is 9.51. The van der Waals surface area contributed by atoms with Gasteiger partial charge in [-0.3, -0.25) is 14.4 Å². The van der Waals surface area contributed by atoms with E-state index in [1.807, 2.05) is 52.8 Å². The molecule has 1 saturated carbocycles. The first-order valence-corrected chi connectivity index (χ1v) is 16.1. The first kappa shape index (κ1) is 32.0. The largest absolute Gasteiger partial charge is 0.506 e. The standard InChI is InChI=1S/C38H44O8/c1-21(2)10-9-15-36(8)16-14-25-30(40)29-31(41)27-18-24-19-28-35(6,7)46-37(34(24)42,17-13-23(5)43-20-39)38(27,28)45-33(29)26(32(25)44-36)12-11-22(3)4/h10-11,13-14,16,18,20,24,28,40H,9,12,15,17,19H2,1-8H3/b23-13-/t24-,28?,36-,37?,38-/m1/s1. The minimum atomic E-state index is -1.55. The zero-order chi connectivity index (χ0) is 33.4. The number of aromatic hydroxyl groups is 1. The molecule has 1 N–H and O–H groups in total. The van der Waals surface area contributed by atoms with Gasteiger partial charge in [0.1, 0.15) is 34.2 Å². The summed E-state index contributed by atoms with van der Waals surface area (Å²) in [7, 11) is 0. The van der Waals surface area contributed by atoms with Gasteiger partial charge in [0.25, 0.3) is 6.47 Å². The number of benzene rings is 1. The molecule has 2 fully saturated rings. The molecule has 3 aliphatic heterocycles. The van der Waals surface area contributed by atoms with E-state index in [1.165, 1.54) is 5.57 Å². The molecule has 1 aromatic carbocycles. The average molecular weight is 629 g/mol. The average Bonchev–Trinajstić information content (AvgIpc) is 3.12. The van der Waals surface area contributed by atoms with E-state index in [4.69, 9.17) is 18.9 Å². The summed E-state index contributed by atoms with van der Waals surface area (Å²) >= 11 is 0. The highest BCUT2D eigenvalue weighted by Crippen LogP contribution is 2.68. The van der Waals surface area contributed by atoms with Crippen molar-refractivity contribution in [2.24, 2.45) is 11.8 Å². The molecule has 0 radical (unpaired) electrons. The van der Waals surface area contributed by atoms with Gasteiger partial charge in [-0.05, 0) is 99.3 Å². The predicted molar refractivity (Wildman–Crippen MR) is 174 cm³/mol. The van der Waals surface area contributed by atoms with Crippen LogP contribution in [-0.2, 0) is 25.5 Å². The van der Waals surface area contributed by atoms with E-state index in [9.17, 15) is 19.5 Å². The Kier molecular flexibility index (Phi) is 7.54. The number of ketones is 2. The molecule has 8 nitrogen and oxygen atoms in total. The number of carbonyl (C=O) groups excluding carboxylic acids is 3. The molecule has 244 valence electrons. The van der Waals surface area contributed by atoms with Crippen molar-refractivity contribution in [2.45, 2.75) is 110 Å². The normalized spacial score (nSPS) is 31.1. The molecule has 2 unspecified atom stereocenters. The third-order valence-corrected chi connectivity index (χ3v) is 10.4. The highest BCUT2D eigenvalue weighted by molar-refractivity contribution is 6.19. The molecule has 1 spiro atoms. The van der Waals surface area contributed by atoms with Gasteiger partial charge in [0.2, 0.25) is 0 Å². The molecule has 5 atom stereocenters. The van der Waals surface area contributed by atoms with Crippen molar-refractivity contribution in [1.29, 1.82) is 0 Å². The monoisotopic (exact) mass is 628 g/mol. The quantitative estimate of drug-likeness (QED) is 0.173. The summed E-state index contributed by atoms with van der Waals surface area (Å²) in [5, 5.41) is 11.8. The Morgan fingerprint density at radius 1 is 1.02 bits per heavy atom. The number of rotatable bonds is 9. The van der Waals surface area contributed by atoms with Gasteiger partial charge in [0.05, 0.1) is 11.2 Å². The molecule has 4 bridgehead atoms. The summed E-state index contributed by atoms with van der Waals surface area (Å²) < 4.78 is 25.7. The molecule has 46 heavy (non-hydrogen) atoms. The fourth-order valence-corrected chi connectivity index (χ4v) is 8.20. The van der Waals surface area contributed by atoms with E-state index in [0.29, 0.717) is 53.9 Å². The van der Waals surface area contributed by atoms with E-state index >= 15 is 0 Å². The molecule has 3 aliphatic carbocycles. The highest BCUT2D eigenvalue weighted by Gasteiger charge is 2.81. The van der Waals surface area contributed by atoms with Gasteiger partial charge in [0.15, 0.2) is 22.8 Å². The van der Waals surface area contributed by atoms with Crippen LogP contribution in [0.2, 0.25) is 0 Å². The zero-order valence-corrected chi connectivity index (χ0v) is 28.0. The fraction of sp³-hybridized carbons (Fsp3) is 0.500. The number of hydrogen-bond acceptors (Lipinski definition) is 8. The van der Waals surface area contributed by atoms with Gasteiger partial charge < -0.3 is 24.1 Å². The van der Waals surface area contributed by atoms with Crippen LogP contribution in [-0.4, -0.2) is 45.5 Å². The van der Waals surface area contributed by atoms with Crippen LogP contribution in [0.1, 0.15) is 103 Å². The molecule has 7 rings (SSSR count). The van der Waals surface area contributed by atoms with Crippen molar-refractivity contribution in [3.63, 3.8) is 0 Å². The Bertz CT molecular complexity index is 1690. The SMILES string of the molecule is CC(C)=CCC[C@]1(C)C=Cc2c(O)c3c(c(CC=C(C)C)c2O1)O[C@]12C(=C[C@@H]4CC1C(C)(C)OC2(C/C=C(/C)OC=O)C4=O)C3=O. The number of hydrogen-bond donors (Lipinski definition) is 1. The predicted octanol–water partition coefficient (Wildman–Crippen LogP) is 7.29. The second-order valence-electron chi connectivity index (χ2n) is 14.6. The summed E-state index contributed by atoms with van der Waals surface area (Å²) in [4.78, 5) is 40.1. The Balaban J connectivity index is 1.58. The van der Waals surface area contributed by atoms with Gasteiger partial charge in [-0.1, -0.05) is 29.4 Å². The summed E-state index contributed by atoms with van der Waals surface area (Å²) in [6.07, 6.45) is 13.8. The van der Waals surface area contributed by atoms with Crippen molar-refractivity contribution < 1.29 is 38.4 Å². The van der Waals surface area contributed by atoms with E-state index < -0.39 is 28.3 Å². The molecule has 6 aliphatic rings. The van der Waals surface area contributed by atoms with E-state index in [2.05, 4.69) is 19.9 Å². The molecule has 0 amide bonds. The van der Waals surface area contributed by atoms with Gasteiger partial charge in [-0.25, -0.2) is 0 Å². The number of phenols is 1. The van der Waals surface area contributed by atoms with Crippen LogP contribution in [0.15, 0.2) is 52.9 Å². The summed E-state index contributed by atoms with van der Waals surface area (Å²) in [6, 6.07) is 0. The minimum Gasteiger partial charge on any atom is -0.506 e. The first-order valence-electron chi connectivity index (χ1n) is 16.1. The van der Waals surface area contributed by atoms with Crippen LogP contribution < -0.4 is 9.47 Å². The van der Waals surface area contributed by atoms with E-state index in [1.54, 1.807) is 19.1 Å². The number of allylic oxidation sites excluding steroid dienone is 6. The molecule has 1 saturated heterocycles. The van der Waals surface area contributed by atoms with Crippen LogP contribution in [0, 0.1) is 11.8 Å². The number of fused-ring (bicyclic) bond motifs is 2. The third kappa shape index (κ3) is 4.55. The molecule has 1 aromatic rings. The maximum Gasteiger partial charge on any atom is 0.298 e. The summed E-state index contributed by atoms with van der Waals surface area (Å²) in [6.45, 7) is 16.0. The maximum atomic E-state index is 14.7. The van der Waals surface area contributed by atoms with Crippen molar-refractivity contribution in [1.82, 2.24) is 0 Å². The number of Topliss-reactive ketones (excluding diaryl/α,β-unsaturated/α-hetero) is 2. The molecular formula is C38H44O8. The number of ether oxygens (including phenoxy) is 4. The number of phenolic OH excluding ortho intramolecular Hbond substituents is 1. The molecule has 0 aromatic heterocycles. The van der Waals surface area contributed by atoms with E-state index in [-0.39, 0.29) is 41.0 Å². The smallest absolute Gasteiger partial charge is 0.298 e. The summed E-state index contributed by atoms with van der Waals surface area (Å²) in [5.41, 5.74) is -0.687. The Morgan fingerprint density at radius 3 is 2.41 bits per heavy atom. The van der Waals surface area contributed by atoms with Gasteiger partial charge in [0, 0.05) is 29.4 Å². The van der Waals surface area contributed by atoms with Crippen molar-refractivity contribution >= 4 is 24.1 Å². The first-order chi connectivity index (χ1) is 21.6. The van der Waals surface area contributed by atoms with Crippen LogP contribution >= 0.6 is 0 Å². The van der Waals surface area contributed by atoms with Crippen molar-refractivity contribution in [2.75, 3.05) is 0 Å². The second kappa shape index (κ2) is 10.8. The Morgan fingerprint density at radius 2 is 1.74 bits per heavy atom. The molecule has 8 heteroatoms. The third-order valence-electron chi connectivity index (χ3n) is 10.4. The lowest BCUT2D eigenvalue weighted by Crippen LogP contribution is -2.72. The maximum absolute atomic E-state index is 14.7. The van der Waals surface area contributed by atoms with Gasteiger partial charge in [-0.2, -0.15) is 0 Å². The highest BCUT2D eigenvalue weighted by atomic mass is 16.6. The van der Waals surface area contributed by atoms with Crippen LogP contribution in [0.4, 0.5) is 0 Å². The van der Waals surface area contributed by atoms with Crippen LogP contribution in [0.3, 0.4) is 0 Å². The van der Waals surface area contributed by atoms with Gasteiger partial charge >= 0.3 is 0 Å². The van der Waals surface area contributed by atoms with Gasteiger partial charge in [-0.15, -0.1) is 0 Å². The topological polar surface area (TPSA) is 108 Å². The zero-order valence-electron chi connectivity index (χ0n) is 28.0. The minimum absolute atomic E-state index is 0.0454. The fourth-order valence-electron chi connectivity index (χ4n) is 8.20. The Labute approximate surface area is 270 Å². The lowest BCUT2D eigenvalue weighted by molar-refractivity contribution is -0.171. The van der Waals surface area contributed by atoms with E-state index in [0.717, 1.165) is 12.0 Å². The second-order valence-corrected chi connectivity index (χ2v) is 14.6. The lowest BCUT2D eigenvalue weighted by Gasteiger charge is -2.56. The van der Waals surface area contributed by atoms with Crippen LogP contribution in [0.25, 0.3) is 6.08 Å². The van der Waals surface area contributed by atoms with Crippen molar-refractivity contribution in [3.05, 3.63) is 69.5 Å². The summed E-state index contributed by atoms with van der Waals surface area (Å²) in [5.74, 6) is -0.605. The Hall–Kier alpha value is -3.91. The molecular weight excluding hydrogens is 584 g/mol. The van der Waals surface area contributed by atoms with Crippen LogP contribution in [0.5, 0.6) is 17.2 Å². The number of carbonyl (C=O) groups is 3. The van der Waals surface area contributed by atoms with Crippen molar-refractivity contribution in [3.8, 4) is 17.2 Å². The molecule has 3 heterocycles.